The van der Waals surface area contributed by atoms with Gasteiger partial charge in [-0.3, -0.25) is 9.78 Å². The molecule has 158 valence electrons. The number of carboxylic acids is 1. The minimum absolute atomic E-state index is 0.0340. The molecule has 0 aliphatic carbocycles. The van der Waals surface area contributed by atoms with E-state index >= 15 is 0 Å². The van der Waals surface area contributed by atoms with Crippen molar-refractivity contribution in [1.82, 2.24) is 9.97 Å². The van der Waals surface area contributed by atoms with Crippen molar-refractivity contribution in [3.63, 3.8) is 0 Å². The molecule has 0 unspecified atom stereocenters. The SMILES string of the molecule is CC(C)Cc1sc(N(CCC(=O)O)Cc2ccncc2)nc1-c1ccc(Cl)c(Cl)c1. The molecule has 0 saturated heterocycles. The standard InChI is InChI=1S/C22H23Cl2N3O2S/c1-14(2)11-19-21(16-3-4-17(23)18(24)12-16)26-22(30-19)27(10-7-20(28)29)13-15-5-8-25-9-6-15/h3-6,8-9,12,14H,7,10-11,13H2,1-2H3,(H,28,29). The zero-order chi connectivity index (χ0) is 21.7. The predicted octanol–water partition coefficient (Wildman–Crippen LogP) is 6.19. The van der Waals surface area contributed by atoms with Gasteiger partial charge in [-0.2, -0.15) is 0 Å². The van der Waals surface area contributed by atoms with Crippen molar-refractivity contribution >= 4 is 45.6 Å². The Hall–Kier alpha value is -2.15. The lowest BCUT2D eigenvalue weighted by molar-refractivity contribution is -0.136. The summed E-state index contributed by atoms with van der Waals surface area (Å²) in [6, 6.07) is 9.38. The lowest BCUT2D eigenvalue weighted by Gasteiger charge is -2.21. The van der Waals surface area contributed by atoms with Gasteiger partial charge in [0.1, 0.15) is 0 Å². The summed E-state index contributed by atoms with van der Waals surface area (Å²) in [7, 11) is 0. The molecule has 2 aromatic heterocycles. The molecule has 0 spiro atoms. The third kappa shape index (κ3) is 5.94. The first-order valence-electron chi connectivity index (χ1n) is 9.64. The number of rotatable bonds is 9. The zero-order valence-corrected chi connectivity index (χ0v) is 19.1. The van der Waals surface area contributed by atoms with Gasteiger partial charge in [-0.25, -0.2) is 4.98 Å². The van der Waals surface area contributed by atoms with E-state index < -0.39 is 5.97 Å². The van der Waals surface area contributed by atoms with Crippen LogP contribution >= 0.6 is 34.5 Å². The van der Waals surface area contributed by atoms with E-state index in [0.29, 0.717) is 29.1 Å². The quantitative estimate of drug-likeness (QED) is 0.409. The molecule has 8 heteroatoms. The molecule has 0 radical (unpaired) electrons. The van der Waals surface area contributed by atoms with Gasteiger partial charge in [0.25, 0.3) is 0 Å². The Labute approximate surface area is 190 Å². The van der Waals surface area contributed by atoms with E-state index in [4.69, 9.17) is 28.2 Å². The summed E-state index contributed by atoms with van der Waals surface area (Å²) in [6.07, 6.45) is 4.37. The fourth-order valence-electron chi connectivity index (χ4n) is 3.03. The van der Waals surface area contributed by atoms with Crippen LogP contribution in [0.4, 0.5) is 5.13 Å². The molecule has 30 heavy (non-hydrogen) atoms. The second-order valence-electron chi connectivity index (χ2n) is 7.42. The van der Waals surface area contributed by atoms with E-state index in [0.717, 1.165) is 33.3 Å². The number of carboxylic acid groups (broad SMARTS) is 1. The Balaban J connectivity index is 2.00. The van der Waals surface area contributed by atoms with E-state index in [1.54, 1.807) is 29.8 Å². The van der Waals surface area contributed by atoms with Gasteiger partial charge in [-0.1, -0.05) is 43.1 Å². The summed E-state index contributed by atoms with van der Waals surface area (Å²) in [6.45, 7) is 5.26. The normalized spacial score (nSPS) is 11.1. The molecule has 1 aromatic carbocycles. The highest BCUT2D eigenvalue weighted by Crippen LogP contribution is 2.37. The number of nitrogens with zero attached hydrogens (tertiary/aromatic N) is 3. The average molecular weight is 464 g/mol. The maximum absolute atomic E-state index is 11.2. The summed E-state index contributed by atoms with van der Waals surface area (Å²) >= 11 is 13.9. The van der Waals surface area contributed by atoms with Crippen molar-refractivity contribution in [1.29, 1.82) is 0 Å². The molecule has 0 saturated carbocycles. The molecule has 3 rings (SSSR count). The first-order chi connectivity index (χ1) is 14.3. The molecule has 0 aliphatic heterocycles. The van der Waals surface area contributed by atoms with Crippen LogP contribution in [0, 0.1) is 5.92 Å². The molecular formula is C22H23Cl2N3O2S. The maximum Gasteiger partial charge on any atom is 0.305 e. The van der Waals surface area contributed by atoms with E-state index in [1.807, 2.05) is 29.2 Å². The van der Waals surface area contributed by atoms with Crippen molar-refractivity contribution in [3.8, 4) is 11.3 Å². The lowest BCUT2D eigenvalue weighted by Crippen LogP contribution is -2.25. The predicted molar refractivity (Wildman–Crippen MR) is 124 cm³/mol. The van der Waals surface area contributed by atoms with Crippen LogP contribution in [0.15, 0.2) is 42.7 Å². The second-order valence-corrected chi connectivity index (χ2v) is 9.29. The molecule has 0 bridgehead atoms. The summed E-state index contributed by atoms with van der Waals surface area (Å²) in [5.74, 6) is -0.383. The largest absolute Gasteiger partial charge is 0.481 e. The monoisotopic (exact) mass is 463 g/mol. The Morgan fingerprint density at radius 3 is 2.53 bits per heavy atom. The van der Waals surface area contributed by atoms with Crippen molar-refractivity contribution in [2.24, 2.45) is 5.92 Å². The van der Waals surface area contributed by atoms with Gasteiger partial charge in [-0.15, -0.1) is 11.3 Å². The molecule has 2 heterocycles. The van der Waals surface area contributed by atoms with Gasteiger partial charge in [0.05, 0.1) is 22.2 Å². The Morgan fingerprint density at radius 2 is 1.90 bits per heavy atom. The van der Waals surface area contributed by atoms with Crippen LogP contribution in [0.1, 0.15) is 30.7 Å². The minimum Gasteiger partial charge on any atom is -0.481 e. The van der Waals surface area contributed by atoms with Crippen molar-refractivity contribution in [3.05, 3.63) is 63.2 Å². The zero-order valence-electron chi connectivity index (χ0n) is 16.8. The van der Waals surface area contributed by atoms with Gasteiger partial charge in [0.15, 0.2) is 5.13 Å². The summed E-state index contributed by atoms with van der Waals surface area (Å²) in [5, 5.41) is 11.0. The van der Waals surface area contributed by atoms with Crippen molar-refractivity contribution in [2.75, 3.05) is 11.4 Å². The third-order valence-corrected chi connectivity index (χ3v) is 6.34. The van der Waals surface area contributed by atoms with Crippen LogP contribution in [0.5, 0.6) is 0 Å². The smallest absolute Gasteiger partial charge is 0.305 e. The highest BCUT2D eigenvalue weighted by molar-refractivity contribution is 7.16. The fourth-order valence-corrected chi connectivity index (χ4v) is 4.65. The number of anilines is 1. The van der Waals surface area contributed by atoms with E-state index in [2.05, 4.69) is 18.8 Å². The Kier molecular flexibility index (Phi) is 7.69. The second kappa shape index (κ2) is 10.2. The third-order valence-electron chi connectivity index (χ3n) is 4.46. The number of hydrogen-bond donors (Lipinski definition) is 1. The summed E-state index contributed by atoms with van der Waals surface area (Å²) in [5.41, 5.74) is 2.83. The summed E-state index contributed by atoms with van der Waals surface area (Å²) < 4.78 is 0. The first kappa shape index (κ1) is 22.5. The van der Waals surface area contributed by atoms with Gasteiger partial charge >= 0.3 is 5.97 Å². The summed E-state index contributed by atoms with van der Waals surface area (Å²) in [4.78, 5) is 23.3. The number of aromatic nitrogens is 2. The van der Waals surface area contributed by atoms with Crippen LogP contribution in [0.3, 0.4) is 0 Å². The molecule has 1 N–H and O–H groups in total. The van der Waals surface area contributed by atoms with Gasteiger partial charge in [0, 0.05) is 35.9 Å². The fraction of sp³-hybridized carbons (Fsp3) is 0.318. The molecule has 0 atom stereocenters. The van der Waals surface area contributed by atoms with Crippen LogP contribution < -0.4 is 4.90 Å². The molecule has 0 aliphatic rings. The van der Waals surface area contributed by atoms with Gasteiger partial charge < -0.3 is 10.0 Å². The Morgan fingerprint density at radius 1 is 1.17 bits per heavy atom. The number of carbonyl (C=O) groups is 1. The molecule has 3 aromatic rings. The minimum atomic E-state index is -0.835. The number of benzene rings is 1. The number of aliphatic carboxylic acids is 1. The van der Waals surface area contributed by atoms with E-state index in [9.17, 15) is 9.90 Å². The van der Waals surface area contributed by atoms with Crippen LogP contribution in [-0.4, -0.2) is 27.6 Å². The number of thiazole rings is 1. The van der Waals surface area contributed by atoms with E-state index in [1.165, 1.54) is 0 Å². The average Bonchev–Trinajstić information content (AvgIpc) is 3.11. The van der Waals surface area contributed by atoms with Crippen LogP contribution in [0.25, 0.3) is 11.3 Å². The number of pyridine rings is 1. The van der Waals surface area contributed by atoms with E-state index in [-0.39, 0.29) is 6.42 Å². The highest BCUT2D eigenvalue weighted by Gasteiger charge is 2.20. The number of hydrogen-bond acceptors (Lipinski definition) is 5. The van der Waals surface area contributed by atoms with Gasteiger partial charge in [0.2, 0.25) is 0 Å². The molecule has 0 fully saturated rings. The van der Waals surface area contributed by atoms with Crippen molar-refractivity contribution in [2.45, 2.75) is 33.2 Å². The molecule has 5 nitrogen and oxygen atoms in total. The van der Waals surface area contributed by atoms with Crippen LogP contribution in [-0.2, 0) is 17.8 Å². The van der Waals surface area contributed by atoms with Crippen LogP contribution in [0.2, 0.25) is 10.0 Å². The molecular weight excluding hydrogens is 441 g/mol. The molecule has 0 amide bonds. The first-order valence-corrected chi connectivity index (χ1v) is 11.2. The highest BCUT2D eigenvalue weighted by atomic mass is 35.5. The topological polar surface area (TPSA) is 66.3 Å². The van der Waals surface area contributed by atoms with Gasteiger partial charge in [-0.05, 0) is 42.2 Å². The number of halogens is 2. The maximum atomic E-state index is 11.2. The lowest BCUT2D eigenvalue weighted by atomic mass is 10.0. The van der Waals surface area contributed by atoms with Crippen molar-refractivity contribution < 1.29 is 9.90 Å². The Bertz CT molecular complexity index is 1010.